The predicted octanol–water partition coefficient (Wildman–Crippen LogP) is 2.53. The number of hydrogen-bond donors (Lipinski definition) is 1. The number of likely N-dealkylation sites (tertiary alicyclic amines) is 1. The molecule has 19 heavy (non-hydrogen) atoms. The van der Waals surface area contributed by atoms with Gasteiger partial charge in [0, 0.05) is 19.1 Å². The molecule has 1 heterocycles. The van der Waals surface area contributed by atoms with Gasteiger partial charge < -0.3 is 10.5 Å². The zero-order valence-corrected chi connectivity index (χ0v) is 12.7. The summed E-state index contributed by atoms with van der Waals surface area (Å²) in [6.45, 7) is 7.86. The first-order valence-corrected chi connectivity index (χ1v) is 6.85. The van der Waals surface area contributed by atoms with Gasteiger partial charge in [-0.25, -0.2) is 0 Å². The van der Waals surface area contributed by atoms with Gasteiger partial charge in [-0.05, 0) is 44.4 Å². The minimum absolute atomic E-state index is 0. The summed E-state index contributed by atoms with van der Waals surface area (Å²) in [6.07, 6.45) is 2.51. The summed E-state index contributed by atoms with van der Waals surface area (Å²) in [5.41, 5.74) is 8.20. The molecule has 0 amide bonds. The molecule has 1 fully saturated rings. The molecule has 1 aromatic rings. The second-order valence-electron chi connectivity index (χ2n) is 5.14. The molecule has 108 valence electrons. The van der Waals surface area contributed by atoms with Gasteiger partial charge in [-0.1, -0.05) is 18.2 Å². The topological polar surface area (TPSA) is 38.5 Å². The maximum atomic E-state index is 5.94. The lowest BCUT2D eigenvalue weighted by Crippen LogP contribution is -2.37. The second kappa shape index (κ2) is 7.73. The van der Waals surface area contributed by atoms with Crippen molar-refractivity contribution in [3.8, 4) is 5.75 Å². The van der Waals surface area contributed by atoms with E-state index in [2.05, 4.69) is 36.9 Å². The van der Waals surface area contributed by atoms with Crippen molar-refractivity contribution in [2.24, 2.45) is 5.73 Å². The van der Waals surface area contributed by atoms with Gasteiger partial charge in [0.25, 0.3) is 0 Å². The quantitative estimate of drug-likeness (QED) is 0.903. The van der Waals surface area contributed by atoms with Gasteiger partial charge in [-0.2, -0.15) is 0 Å². The molecule has 4 heteroatoms. The van der Waals surface area contributed by atoms with Crippen molar-refractivity contribution < 1.29 is 4.74 Å². The fourth-order valence-corrected chi connectivity index (χ4v) is 2.75. The number of ether oxygens (including phenoxy) is 1. The molecular weight excluding hydrogens is 260 g/mol. The third-order valence-electron chi connectivity index (χ3n) is 3.80. The van der Waals surface area contributed by atoms with Crippen LogP contribution >= 0.6 is 12.4 Å². The van der Waals surface area contributed by atoms with Gasteiger partial charge in [0.15, 0.2) is 0 Å². The van der Waals surface area contributed by atoms with Crippen LogP contribution in [0.5, 0.6) is 5.75 Å². The van der Waals surface area contributed by atoms with E-state index in [1.165, 1.54) is 24.0 Å². The molecule has 1 unspecified atom stereocenters. The number of nitrogens with two attached hydrogens (primary N) is 1. The van der Waals surface area contributed by atoms with E-state index in [0.717, 1.165) is 32.0 Å². The van der Waals surface area contributed by atoms with Gasteiger partial charge in [-0.15, -0.1) is 12.4 Å². The van der Waals surface area contributed by atoms with Crippen LogP contribution in [0.15, 0.2) is 18.2 Å². The summed E-state index contributed by atoms with van der Waals surface area (Å²) in [5, 5.41) is 0. The van der Waals surface area contributed by atoms with Gasteiger partial charge in [0.1, 0.15) is 12.4 Å². The summed E-state index contributed by atoms with van der Waals surface area (Å²) in [7, 11) is 0. The van der Waals surface area contributed by atoms with E-state index in [9.17, 15) is 0 Å². The predicted molar refractivity (Wildman–Crippen MR) is 82.3 cm³/mol. The van der Waals surface area contributed by atoms with Crippen molar-refractivity contribution in [1.82, 2.24) is 4.90 Å². The summed E-state index contributed by atoms with van der Waals surface area (Å²) in [6, 6.07) is 6.83. The average molecular weight is 285 g/mol. The van der Waals surface area contributed by atoms with Crippen molar-refractivity contribution in [2.75, 3.05) is 26.2 Å². The van der Waals surface area contributed by atoms with Crippen LogP contribution in [0.3, 0.4) is 0 Å². The van der Waals surface area contributed by atoms with Gasteiger partial charge >= 0.3 is 0 Å². The highest BCUT2D eigenvalue weighted by atomic mass is 35.5. The highest BCUT2D eigenvalue weighted by molar-refractivity contribution is 5.85. The highest BCUT2D eigenvalue weighted by Crippen LogP contribution is 2.22. The normalized spacial score (nSPS) is 19.2. The number of para-hydroxylation sites is 1. The molecule has 0 radical (unpaired) electrons. The van der Waals surface area contributed by atoms with E-state index in [1.807, 2.05) is 0 Å². The Morgan fingerprint density at radius 2 is 2.00 bits per heavy atom. The molecule has 2 rings (SSSR count). The first kappa shape index (κ1) is 16.3. The maximum absolute atomic E-state index is 5.94. The molecule has 0 spiro atoms. The smallest absolute Gasteiger partial charge is 0.125 e. The van der Waals surface area contributed by atoms with E-state index >= 15 is 0 Å². The van der Waals surface area contributed by atoms with Crippen molar-refractivity contribution in [3.05, 3.63) is 29.3 Å². The standard InChI is InChI=1S/C15H24N2O.ClH/c1-12-5-3-6-13(2)15(12)18-10-9-17-8-4-7-14(17)11-16;/h3,5-6,14H,4,7-11,16H2,1-2H3;1H. The first-order chi connectivity index (χ1) is 8.72. The van der Waals surface area contributed by atoms with Crippen molar-refractivity contribution >= 4 is 12.4 Å². The Labute approximate surface area is 122 Å². The SMILES string of the molecule is Cc1cccc(C)c1OCCN1CCCC1CN.Cl. The van der Waals surface area contributed by atoms with E-state index in [4.69, 9.17) is 10.5 Å². The van der Waals surface area contributed by atoms with Gasteiger partial charge in [0.2, 0.25) is 0 Å². The first-order valence-electron chi connectivity index (χ1n) is 6.85. The van der Waals surface area contributed by atoms with Crippen LogP contribution in [0.4, 0.5) is 0 Å². The molecule has 1 atom stereocenters. The van der Waals surface area contributed by atoms with Crippen LogP contribution < -0.4 is 10.5 Å². The third-order valence-corrected chi connectivity index (χ3v) is 3.80. The molecule has 1 aromatic carbocycles. The monoisotopic (exact) mass is 284 g/mol. The summed E-state index contributed by atoms with van der Waals surface area (Å²) < 4.78 is 5.94. The van der Waals surface area contributed by atoms with Crippen LogP contribution in [0.2, 0.25) is 0 Å². The van der Waals surface area contributed by atoms with E-state index < -0.39 is 0 Å². The molecule has 3 nitrogen and oxygen atoms in total. The van der Waals surface area contributed by atoms with E-state index in [0.29, 0.717) is 6.04 Å². The molecule has 1 aliphatic rings. The number of hydrogen-bond acceptors (Lipinski definition) is 3. The Balaban J connectivity index is 0.00000180. The molecule has 1 saturated heterocycles. The Morgan fingerprint density at radius 3 is 2.63 bits per heavy atom. The van der Waals surface area contributed by atoms with E-state index in [1.54, 1.807) is 0 Å². The summed E-state index contributed by atoms with van der Waals surface area (Å²) >= 11 is 0. The lowest BCUT2D eigenvalue weighted by molar-refractivity contribution is 0.198. The Hall–Kier alpha value is -0.770. The maximum Gasteiger partial charge on any atom is 0.125 e. The van der Waals surface area contributed by atoms with Crippen LogP contribution in [-0.4, -0.2) is 37.2 Å². The molecule has 0 aliphatic carbocycles. The molecule has 2 N–H and O–H groups in total. The fraction of sp³-hybridized carbons (Fsp3) is 0.600. The zero-order valence-electron chi connectivity index (χ0n) is 11.9. The van der Waals surface area contributed by atoms with Crippen molar-refractivity contribution in [2.45, 2.75) is 32.7 Å². The Kier molecular flexibility index (Phi) is 6.63. The fourth-order valence-electron chi connectivity index (χ4n) is 2.75. The molecule has 1 aliphatic heterocycles. The summed E-state index contributed by atoms with van der Waals surface area (Å²) in [5.74, 6) is 1.04. The number of aryl methyl sites for hydroxylation is 2. The summed E-state index contributed by atoms with van der Waals surface area (Å²) in [4.78, 5) is 2.45. The number of halogens is 1. The lowest BCUT2D eigenvalue weighted by atomic mass is 10.1. The molecular formula is C15H25ClN2O. The minimum atomic E-state index is 0. The Bertz CT molecular complexity index is 377. The van der Waals surface area contributed by atoms with Crippen LogP contribution in [0.1, 0.15) is 24.0 Å². The third kappa shape index (κ3) is 4.10. The number of rotatable bonds is 5. The molecule has 0 aromatic heterocycles. The lowest BCUT2D eigenvalue weighted by Gasteiger charge is -2.23. The Morgan fingerprint density at radius 1 is 1.32 bits per heavy atom. The average Bonchev–Trinajstić information content (AvgIpc) is 2.80. The number of benzene rings is 1. The highest BCUT2D eigenvalue weighted by Gasteiger charge is 2.22. The molecule has 0 saturated carbocycles. The minimum Gasteiger partial charge on any atom is -0.492 e. The van der Waals surface area contributed by atoms with Crippen LogP contribution in [-0.2, 0) is 0 Å². The van der Waals surface area contributed by atoms with Crippen molar-refractivity contribution in [1.29, 1.82) is 0 Å². The van der Waals surface area contributed by atoms with Gasteiger partial charge in [-0.3, -0.25) is 4.90 Å². The second-order valence-corrected chi connectivity index (χ2v) is 5.14. The van der Waals surface area contributed by atoms with Crippen LogP contribution in [0, 0.1) is 13.8 Å². The zero-order chi connectivity index (χ0) is 13.0. The largest absolute Gasteiger partial charge is 0.492 e. The van der Waals surface area contributed by atoms with Gasteiger partial charge in [0.05, 0.1) is 0 Å². The van der Waals surface area contributed by atoms with Crippen LogP contribution in [0.25, 0.3) is 0 Å². The van der Waals surface area contributed by atoms with Crippen molar-refractivity contribution in [3.63, 3.8) is 0 Å². The number of nitrogens with zero attached hydrogens (tertiary/aromatic N) is 1. The van der Waals surface area contributed by atoms with E-state index in [-0.39, 0.29) is 12.4 Å². The molecule has 0 bridgehead atoms.